The van der Waals surface area contributed by atoms with Gasteiger partial charge in [-0.15, -0.1) is 0 Å². The molecule has 15 heavy (non-hydrogen) atoms. The minimum absolute atomic E-state index is 0.283. The van der Waals surface area contributed by atoms with Gasteiger partial charge in [0.2, 0.25) is 0 Å². The van der Waals surface area contributed by atoms with E-state index in [1.807, 2.05) is 0 Å². The van der Waals surface area contributed by atoms with Crippen LogP contribution >= 0.6 is 0 Å². The van der Waals surface area contributed by atoms with E-state index in [1.54, 1.807) is 0 Å². The molecule has 0 saturated carbocycles. The van der Waals surface area contributed by atoms with Crippen LogP contribution in [0.25, 0.3) is 0 Å². The zero-order valence-electron chi connectivity index (χ0n) is 9.78. The van der Waals surface area contributed by atoms with Gasteiger partial charge in [0, 0.05) is 19.0 Å². The lowest BCUT2D eigenvalue weighted by atomic mass is 10.2. The maximum Gasteiger partial charge on any atom is 0.303 e. The van der Waals surface area contributed by atoms with E-state index in [1.165, 1.54) is 19.4 Å². The Morgan fingerprint density at radius 1 is 1.60 bits per heavy atom. The first-order valence-corrected chi connectivity index (χ1v) is 5.70. The Morgan fingerprint density at radius 3 is 2.87 bits per heavy atom. The zero-order chi connectivity index (χ0) is 11.3. The number of rotatable bonds is 6. The highest BCUT2D eigenvalue weighted by molar-refractivity contribution is 5.66. The van der Waals surface area contributed by atoms with Crippen molar-refractivity contribution in [1.82, 2.24) is 9.80 Å². The van der Waals surface area contributed by atoms with Crippen molar-refractivity contribution in [2.24, 2.45) is 0 Å². The summed E-state index contributed by atoms with van der Waals surface area (Å²) in [4.78, 5) is 15.0. The van der Waals surface area contributed by atoms with Crippen molar-refractivity contribution in [3.8, 4) is 0 Å². The van der Waals surface area contributed by atoms with Gasteiger partial charge in [-0.25, -0.2) is 0 Å². The van der Waals surface area contributed by atoms with Gasteiger partial charge in [0.25, 0.3) is 0 Å². The van der Waals surface area contributed by atoms with Crippen molar-refractivity contribution in [3.63, 3.8) is 0 Å². The molecule has 0 spiro atoms. The number of hydrogen-bond donors (Lipinski definition) is 1. The van der Waals surface area contributed by atoms with Gasteiger partial charge < -0.3 is 14.9 Å². The van der Waals surface area contributed by atoms with Gasteiger partial charge in [-0.05, 0) is 46.4 Å². The molecule has 0 aromatic rings. The number of likely N-dealkylation sites (N-methyl/N-ethyl adjacent to an activating group) is 2. The predicted octanol–water partition coefficient (Wildman–Crippen LogP) is 0.877. The molecule has 1 N–H and O–H groups in total. The van der Waals surface area contributed by atoms with E-state index in [2.05, 4.69) is 23.9 Å². The minimum Gasteiger partial charge on any atom is -0.481 e. The molecule has 1 atom stereocenters. The average molecular weight is 214 g/mol. The quantitative estimate of drug-likeness (QED) is 0.713. The normalized spacial score (nSPS) is 22.5. The fraction of sp³-hybridized carbons (Fsp3) is 0.909. The highest BCUT2D eigenvalue weighted by Gasteiger charge is 2.21. The van der Waals surface area contributed by atoms with E-state index < -0.39 is 5.97 Å². The molecule has 1 rings (SSSR count). The summed E-state index contributed by atoms with van der Waals surface area (Å²) in [5.41, 5.74) is 0. The second kappa shape index (κ2) is 6.08. The first-order chi connectivity index (χ1) is 7.09. The predicted molar refractivity (Wildman–Crippen MR) is 60.0 cm³/mol. The molecule has 1 heterocycles. The lowest BCUT2D eigenvalue weighted by molar-refractivity contribution is -0.137. The number of hydrogen-bond acceptors (Lipinski definition) is 3. The molecule has 88 valence electrons. The van der Waals surface area contributed by atoms with Crippen LogP contribution in [0.15, 0.2) is 0 Å². The molecule has 0 aromatic carbocycles. The van der Waals surface area contributed by atoms with Gasteiger partial charge in [-0.3, -0.25) is 4.79 Å². The Morgan fingerprint density at radius 2 is 2.33 bits per heavy atom. The average Bonchev–Trinajstić information content (AvgIpc) is 2.51. The van der Waals surface area contributed by atoms with Crippen LogP contribution < -0.4 is 0 Å². The molecular formula is C11H22N2O2. The van der Waals surface area contributed by atoms with Crippen molar-refractivity contribution < 1.29 is 9.90 Å². The van der Waals surface area contributed by atoms with Gasteiger partial charge in [-0.2, -0.15) is 0 Å². The topological polar surface area (TPSA) is 43.8 Å². The molecule has 1 aliphatic rings. The third kappa shape index (κ3) is 4.62. The highest BCUT2D eigenvalue weighted by Crippen LogP contribution is 2.15. The summed E-state index contributed by atoms with van der Waals surface area (Å²) < 4.78 is 0. The molecule has 0 radical (unpaired) electrons. The van der Waals surface area contributed by atoms with E-state index in [0.29, 0.717) is 6.04 Å². The fourth-order valence-electron chi connectivity index (χ4n) is 2.16. The number of carboxylic acids is 1. The summed E-state index contributed by atoms with van der Waals surface area (Å²) in [5, 5.41) is 8.53. The summed E-state index contributed by atoms with van der Waals surface area (Å²) in [6.07, 6.45) is 3.61. The van der Waals surface area contributed by atoms with Crippen LogP contribution in [-0.4, -0.2) is 60.6 Å². The van der Waals surface area contributed by atoms with E-state index in [4.69, 9.17) is 5.11 Å². The van der Waals surface area contributed by atoms with Crippen molar-refractivity contribution in [2.45, 2.75) is 31.7 Å². The second-order valence-corrected chi connectivity index (χ2v) is 4.54. The molecule has 0 bridgehead atoms. The molecular weight excluding hydrogens is 192 g/mol. The van der Waals surface area contributed by atoms with E-state index >= 15 is 0 Å². The number of carbonyl (C=O) groups is 1. The summed E-state index contributed by atoms with van der Waals surface area (Å²) in [6, 6.07) is 0.667. The molecule has 0 aliphatic carbocycles. The summed E-state index contributed by atoms with van der Waals surface area (Å²) >= 11 is 0. The Kier molecular flexibility index (Phi) is 5.05. The summed E-state index contributed by atoms with van der Waals surface area (Å²) in [7, 11) is 4.25. The van der Waals surface area contributed by atoms with Gasteiger partial charge in [-0.1, -0.05) is 0 Å². The largest absolute Gasteiger partial charge is 0.481 e. The Labute approximate surface area is 91.9 Å². The van der Waals surface area contributed by atoms with Crippen LogP contribution in [-0.2, 0) is 4.79 Å². The van der Waals surface area contributed by atoms with E-state index in [-0.39, 0.29) is 6.42 Å². The molecule has 0 amide bonds. The lowest BCUT2D eigenvalue weighted by Gasteiger charge is -2.25. The summed E-state index contributed by atoms with van der Waals surface area (Å²) in [6.45, 7) is 3.15. The smallest absolute Gasteiger partial charge is 0.303 e. The number of carboxylic acid groups (broad SMARTS) is 1. The maximum atomic E-state index is 10.4. The lowest BCUT2D eigenvalue weighted by Crippen LogP contribution is -2.37. The third-order valence-electron chi connectivity index (χ3n) is 3.12. The number of aliphatic carboxylic acids is 1. The number of nitrogens with zero attached hydrogens (tertiary/aromatic N) is 2. The van der Waals surface area contributed by atoms with Gasteiger partial charge in [0.05, 0.1) is 0 Å². The first-order valence-electron chi connectivity index (χ1n) is 5.70. The third-order valence-corrected chi connectivity index (χ3v) is 3.12. The van der Waals surface area contributed by atoms with Crippen molar-refractivity contribution in [2.75, 3.05) is 33.7 Å². The Balaban J connectivity index is 2.12. The van der Waals surface area contributed by atoms with Crippen molar-refractivity contribution >= 4 is 5.97 Å². The maximum absolute atomic E-state index is 10.4. The first kappa shape index (κ1) is 12.5. The minimum atomic E-state index is -0.693. The Bertz CT molecular complexity index is 209. The van der Waals surface area contributed by atoms with Crippen molar-refractivity contribution in [3.05, 3.63) is 0 Å². The van der Waals surface area contributed by atoms with Gasteiger partial charge in [0.15, 0.2) is 0 Å². The molecule has 1 aliphatic heterocycles. The monoisotopic (exact) mass is 214 g/mol. The van der Waals surface area contributed by atoms with Crippen LogP contribution in [0, 0.1) is 0 Å². The highest BCUT2D eigenvalue weighted by atomic mass is 16.4. The fourth-order valence-corrected chi connectivity index (χ4v) is 2.16. The van der Waals surface area contributed by atoms with Crippen LogP contribution in [0.1, 0.15) is 25.7 Å². The zero-order valence-corrected chi connectivity index (χ0v) is 9.78. The molecule has 4 heteroatoms. The van der Waals surface area contributed by atoms with Crippen LogP contribution in [0.4, 0.5) is 0 Å². The number of likely N-dealkylation sites (tertiary alicyclic amines) is 1. The standard InChI is InChI=1S/C11H22N2O2/c1-12(7-4-6-11(14)15)9-10-5-3-8-13(10)2/h10H,3-9H2,1-2H3,(H,14,15). The van der Waals surface area contributed by atoms with E-state index in [0.717, 1.165) is 19.5 Å². The molecule has 4 nitrogen and oxygen atoms in total. The van der Waals surface area contributed by atoms with Crippen molar-refractivity contribution in [1.29, 1.82) is 0 Å². The van der Waals surface area contributed by atoms with Gasteiger partial charge in [0.1, 0.15) is 0 Å². The molecule has 1 saturated heterocycles. The Hall–Kier alpha value is -0.610. The molecule has 0 aromatic heterocycles. The molecule has 1 fully saturated rings. The van der Waals surface area contributed by atoms with E-state index in [9.17, 15) is 4.79 Å². The van der Waals surface area contributed by atoms with Crippen LogP contribution in [0.3, 0.4) is 0 Å². The SMILES string of the molecule is CN(CCCC(=O)O)CC1CCCN1C. The van der Waals surface area contributed by atoms with Crippen LogP contribution in [0.2, 0.25) is 0 Å². The summed E-state index contributed by atoms with van der Waals surface area (Å²) in [5.74, 6) is -0.693. The molecule has 1 unspecified atom stereocenters. The second-order valence-electron chi connectivity index (χ2n) is 4.54. The van der Waals surface area contributed by atoms with Crippen LogP contribution in [0.5, 0.6) is 0 Å². The van der Waals surface area contributed by atoms with Gasteiger partial charge >= 0.3 is 5.97 Å².